The van der Waals surface area contributed by atoms with Crippen LogP contribution in [0.15, 0.2) is 0 Å². The van der Waals surface area contributed by atoms with Crippen molar-refractivity contribution in [2.45, 2.75) is 38.9 Å². The SMILES string of the molecule is C[C@@H]1CN(S(=O)(=O)N2CCC(C(=O)O)CC2)C[C@H](C)O1. The second kappa shape index (κ2) is 5.97. The van der Waals surface area contributed by atoms with Crippen LogP contribution in [0.25, 0.3) is 0 Å². The van der Waals surface area contributed by atoms with E-state index in [4.69, 9.17) is 9.84 Å². The molecule has 0 aromatic carbocycles. The normalized spacial score (nSPS) is 31.3. The summed E-state index contributed by atoms with van der Waals surface area (Å²) < 4.78 is 33.5. The summed E-state index contributed by atoms with van der Waals surface area (Å²) in [6.45, 7) is 4.97. The Labute approximate surface area is 119 Å². The van der Waals surface area contributed by atoms with Crippen molar-refractivity contribution in [2.24, 2.45) is 5.92 Å². The van der Waals surface area contributed by atoms with Crippen LogP contribution in [0.4, 0.5) is 0 Å². The summed E-state index contributed by atoms with van der Waals surface area (Å²) >= 11 is 0. The number of piperidine rings is 1. The molecule has 0 aromatic heterocycles. The van der Waals surface area contributed by atoms with Crippen molar-refractivity contribution in [1.29, 1.82) is 0 Å². The predicted molar refractivity (Wildman–Crippen MR) is 72.4 cm³/mol. The average Bonchev–Trinajstić information content (AvgIpc) is 2.37. The van der Waals surface area contributed by atoms with Gasteiger partial charge in [-0.3, -0.25) is 4.79 Å². The zero-order chi connectivity index (χ0) is 14.9. The molecule has 2 fully saturated rings. The molecule has 2 atom stereocenters. The molecular weight excluding hydrogens is 284 g/mol. The predicted octanol–water partition coefficient (Wildman–Crippen LogP) is 0.137. The Balaban J connectivity index is 2.02. The van der Waals surface area contributed by atoms with Crippen molar-refractivity contribution < 1.29 is 23.1 Å². The molecule has 0 aromatic rings. The standard InChI is InChI=1S/C12H22N2O5S/c1-9-7-14(8-10(2)19-9)20(17,18)13-5-3-11(4-6-13)12(15)16/h9-11H,3-8H2,1-2H3,(H,15,16)/t9-,10+. The first kappa shape index (κ1) is 15.7. The topological polar surface area (TPSA) is 87.2 Å². The summed E-state index contributed by atoms with van der Waals surface area (Å²) in [4.78, 5) is 10.9. The van der Waals surface area contributed by atoms with Crippen molar-refractivity contribution >= 4 is 16.2 Å². The van der Waals surface area contributed by atoms with E-state index in [0.29, 0.717) is 25.9 Å². The van der Waals surface area contributed by atoms with Gasteiger partial charge in [0.25, 0.3) is 10.2 Å². The number of hydrogen-bond donors (Lipinski definition) is 1. The Morgan fingerprint density at radius 1 is 1.10 bits per heavy atom. The maximum Gasteiger partial charge on any atom is 0.306 e. The van der Waals surface area contributed by atoms with E-state index in [9.17, 15) is 13.2 Å². The zero-order valence-corrected chi connectivity index (χ0v) is 12.7. The number of rotatable bonds is 3. The van der Waals surface area contributed by atoms with Crippen molar-refractivity contribution in [1.82, 2.24) is 8.61 Å². The lowest BCUT2D eigenvalue weighted by Gasteiger charge is -2.39. The highest BCUT2D eigenvalue weighted by molar-refractivity contribution is 7.86. The molecule has 0 radical (unpaired) electrons. The van der Waals surface area contributed by atoms with Gasteiger partial charge in [0.1, 0.15) is 0 Å². The third-order valence-electron chi connectivity index (χ3n) is 3.84. The molecule has 20 heavy (non-hydrogen) atoms. The van der Waals surface area contributed by atoms with E-state index in [1.54, 1.807) is 0 Å². The minimum atomic E-state index is -3.51. The molecule has 116 valence electrons. The summed E-state index contributed by atoms with van der Waals surface area (Å²) in [7, 11) is -3.51. The Kier molecular flexibility index (Phi) is 4.68. The van der Waals surface area contributed by atoms with E-state index < -0.39 is 22.1 Å². The maximum absolute atomic E-state index is 12.6. The van der Waals surface area contributed by atoms with Gasteiger partial charge in [-0.05, 0) is 26.7 Å². The minimum Gasteiger partial charge on any atom is -0.481 e. The van der Waals surface area contributed by atoms with E-state index >= 15 is 0 Å². The number of nitrogens with zero attached hydrogens (tertiary/aromatic N) is 2. The van der Waals surface area contributed by atoms with Crippen molar-refractivity contribution in [2.75, 3.05) is 26.2 Å². The Morgan fingerprint density at radius 2 is 1.60 bits per heavy atom. The van der Waals surface area contributed by atoms with Crippen molar-refractivity contribution in [3.05, 3.63) is 0 Å². The highest BCUT2D eigenvalue weighted by Gasteiger charge is 2.37. The van der Waals surface area contributed by atoms with Crippen LogP contribution < -0.4 is 0 Å². The molecule has 0 amide bonds. The van der Waals surface area contributed by atoms with Crippen LogP contribution in [0.5, 0.6) is 0 Å². The maximum atomic E-state index is 12.6. The Bertz CT molecular complexity index is 448. The van der Waals surface area contributed by atoms with Crippen LogP contribution in [0.3, 0.4) is 0 Å². The molecule has 0 aliphatic carbocycles. The smallest absolute Gasteiger partial charge is 0.306 e. The van der Waals surface area contributed by atoms with Gasteiger partial charge in [-0.25, -0.2) is 0 Å². The van der Waals surface area contributed by atoms with Crippen molar-refractivity contribution in [3.8, 4) is 0 Å². The number of carbonyl (C=O) groups is 1. The molecule has 8 heteroatoms. The summed E-state index contributed by atoms with van der Waals surface area (Å²) in [5, 5.41) is 8.95. The highest BCUT2D eigenvalue weighted by Crippen LogP contribution is 2.23. The third-order valence-corrected chi connectivity index (χ3v) is 5.81. The fourth-order valence-corrected chi connectivity index (χ4v) is 4.61. The first-order valence-corrected chi connectivity index (χ1v) is 8.34. The Morgan fingerprint density at radius 3 is 2.05 bits per heavy atom. The van der Waals surface area contributed by atoms with Gasteiger partial charge in [-0.2, -0.15) is 17.0 Å². The molecule has 2 saturated heterocycles. The lowest BCUT2D eigenvalue weighted by Crippen LogP contribution is -2.54. The van der Waals surface area contributed by atoms with E-state index in [1.807, 2.05) is 13.8 Å². The largest absolute Gasteiger partial charge is 0.481 e. The number of hydrogen-bond acceptors (Lipinski definition) is 4. The van der Waals surface area contributed by atoms with Crippen molar-refractivity contribution in [3.63, 3.8) is 0 Å². The van der Waals surface area contributed by atoms with E-state index in [0.717, 1.165) is 0 Å². The monoisotopic (exact) mass is 306 g/mol. The van der Waals surface area contributed by atoms with E-state index in [-0.39, 0.29) is 25.3 Å². The first-order chi connectivity index (χ1) is 9.30. The fraction of sp³-hybridized carbons (Fsp3) is 0.917. The van der Waals surface area contributed by atoms with Crippen LogP contribution in [-0.2, 0) is 19.7 Å². The summed E-state index contributed by atoms with van der Waals surface area (Å²) in [6, 6.07) is 0. The minimum absolute atomic E-state index is 0.120. The molecule has 7 nitrogen and oxygen atoms in total. The van der Waals surface area contributed by atoms with Gasteiger partial charge in [0.05, 0.1) is 18.1 Å². The molecule has 2 heterocycles. The number of ether oxygens (including phenoxy) is 1. The number of aliphatic carboxylic acids is 1. The first-order valence-electron chi connectivity index (χ1n) is 6.94. The van der Waals surface area contributed by atoms with Gasteiger partial charge < -0.3 is 9.84 Å². The molecule has 2 aliphatic heterocycles. The lowest BCUT2D eigenvalue weighted by molar-refractivity contribution is -0.142. The molecule has 2 aliphatic rings. The third kappa shape index (κ3) is 3.30. The summed E-state index contributed by atoms with van der Waals surface area (Å²) in [6.07, 6.45) is 0.517. The van der Waals surface area contributed by atoms with Crippen LogP contribution in [-0.4, -0.2) is 66.5 Å². The molecule has 0 saturated carbocycles. The number of morpholine rings is 1. The molecule has 2 rings (SSSR count). The van der Waals surface area contributed by atoms with E-state index in [2.05, 4.69) is 0 Å². The second-order valence-corrected chi connectivity index (χ2v) is 7.52. The zero-order valence-electron chi connectivity index (χ0n) is 11.9. The average molecular weight is 306 g/mol. The highest BCUT2D eigenvalue weighted by atomic mass is 32.2. The molecular formula is C12H22N2O5S. The molecule has 0 spiro atoms. The Hall–Kier alpha value is -0.700. The molecule has 0 unspecified atom stereocenters. The fourth-order valence-electron chi connectivity index (χ4n) is 2.82. The molecule has 1 N–H and O–H groups in total. The van der Waals surface area contributed by atoms with Crippen LogP contribution >= 0.6 is 0 Å². The van der Waals surface area contributed by atoms with Gasteiger partial charge in [-0.15, -0.1) is 0 Å². The summed E-state index contributed by atoms with van der Waals surface area (Å²) in [5.74, 6) is -1.26. The van der Waals surface area contributed by atoms with Gasteiger partial charge in [0.2, 0.25) is 0 Å². The number of carboxylic acids is 1. The number of carboxylic acid groups (broad SMARTS) is 1. The van der Waals surface area contributed by atoms with Gasteiger partial charge >= 0.3 is 5.97 Å². The van der Waals surface area contributed by atoms with Crippen LogP contribution in [0.2, 0.25) is 0 Å². The van der Waals surface area contributed by atoms with Gasteiger partial charge in [-0.1, -0.05) is 0 Å². The molecule has 0 bridgehead atoms. The van der Waals surface area contributed by atoms with Crippen LogP contribution in [0, 0.1) is 5.92 Å². The second-order valence-electron chi connectivity index (χ2n) is 5.59. The summed E-state index contributed by atoms with van der Waals surface area (Å²) in [5.41, 5.74) is 0. The lowest BCUT2D eigenvalue weighted by atomic mass is 9.99. The van der Waals surface area contributed by atoms with Gasteiger partial charge in [0.15, 0.2) is 0 Å². The van der Waals surface area contributed by atoms with Gasteiger partial charge in [0, 0.05) is 26.2 Å². The van der Waals surface area contributed by atoms with Crippen LogP contribution in [0.1, 0.15) is 26.7 Å². The quantitative estimate of drug-likeness (QED) is 0.801. The van der Waals surface area contributed by atoms with E-state index in [1.165, 1.54) is 8.61 Å².